The lowest BCUT2D eigenvalue weighted by atomic mass is 9.84. The first-order valence-electron chi connectivity index (χ1n) is 4.03. The molecule has 0 bridgehead atoms. The smallest absolute Gasteiger partial charge is 0.108 e. The summed E-state index contributed by atoms with van der Waals surface area (Å²) in [5.41, 5.74) is 0. The van der Waals surface area contributed by atoms with E-state index in [0.29, 0.717) is 11.9 Å². The highest BCUT2D eigenvalue weighted by atomic mass is 16.5. The van der Waals surface area contributed by atoms with Crippen LogP contribution in [-0.2, 0) is 4.74 Å². The molecule has 0 amide bonds. The number of rotatable bonds is 2. The highest BCUT2D eigenvalue weighted by Gasteiger charge is 2.29. The van der Waals surface area contributed by atoms with Gasteiger partial charge in [-0.15, -0.1) is 0 Å². The summed E-state index contributed by atoms with van der Waals surface area (Å²) in [6.07, 6.45) is 2.04. The Balaban J connectivity index is 2.27. The van der Waals surface area contributed by atoms with E-state index < -0.39 is 0 Å². The van der Waals surface area contributed by atoms with Gasteiger partial charge in [-0.1, -0.05) is 0 Å². The molecule has 1 rings (SSSR count). The highest BCUT2D eigenvalue weighted by Crippen LogP contribution is 2.30. The lowest BCUT2D eigenvalue weighted by molar-refractivity contribution is 0.0561. The maximum atomic E-state index is 9.31. The van der Waals surface area contributed by atoms with Gasteiger partial charge in [-0.2, -0.15) is 0 Å². The van der Waals surface area contributed by atoms with Gasteiger partial charge in [-0.3, -0.25) is 0 Å². The van der Waals surface area contributed by atoms with Gasteiger partial charge < -0.3 is 9.84 Å². The van der Waals surface area contributed by atoms with Crippen LogP contribution in [0.1, 0.15) is 19.8 Å². The van der Waals surface area contributed by atoms with Crippen molar-refractivity contribution in [2.75, 3.05) is 6.61 Å². The molecule has 3 heteroatoms. The third-order valence-electron chi connectivity index (χ3n) is 2.20. The zero-order valence-electron chi connectivity index (χ0n) is 6.71. The summed E-state index contributed by atoms with van der Waals surface area (Å²) in [5, 5.41) is 9.31. The first-order chi connectivity index (χ1) is 4.74. The number of ether oxygens (including phenoxy) is 1. The Hall–Kier alpha value is -0.0151. The van der Waals surface area contributed by atoms with Crippen molar-refractivity contribution in [1.29, 1.82) is 0 Å². The quantitative estimate of drug-likeness (QED) is 0.548. The number of hydrogen-bond acceptors (Lipinski definition) is 2. The topological polar surface area (TPSA) is 29.5 Å². The molecule has 0 aromatic rings. The molecule has 58 valence electrons. The molecule has 2 nitrogen and oxygen atoms in total. The Labute approximate surface area is 63.0 Å². The second kappa shape index (κ2) is 3.40. The normalized spacial score (nSPS) is 40.4. The van der Waals surface area contributed by atoms with Crippen molar-refractivity contribution < 1.29 is 9.84 Å². The minimum Gasteiger partial charge on any atom is -0.393 e. The zero-order chi connectivity index (χ0) is 7.56. The summed E-state index contributed by atoms with van der Waals surface area (Å²) in [4.78, 5) is 0. The fourth-order valence-corrected chi connectivity index (χ4v) is 1.54. The first-order valence-corrected chi connectivity index (χ1v) is 4.03. The molecule has 0 saturated heterocycles. The van der Waals surface area contributed by atoms with E-state index in [-0.39, 0.29) is 6.10 Å². The van der Waals surface area contributed by atoms with Gasteiger partial charge in [-0.25, -0.2) is 0 Å². The molecule has 0 aliphatic heterocycles. The molecule has 10 heavy (non-hydrogen) atoms. The van der Waals surface area contributed by atoms with Crippen molar-refractivity contribution in [3.63, 3.8) is 0 Å². The Morgan fingerprint density at radius 2 is 2.30 bits per heavy atom. The van der Waals surface area contributed by atoms with Crippen molar-refractivity contribution >= 4 is 7.85 Å². The summed E-state index contributed by atoms with van der Waals surface area (Å²) in [6.45, 7) is 2.76. The molecule has 1 aliphatic rings. The van der Waals surface area contributed by atoms with Gasteiger partial charge in [0.1, 0.15) is 7.85 Å². The monoisotopic (exact) mass is 142 g/mol. The van der Waals surface area contributed by atoms with Gasteiger partial charge in [0.25, 0.3) is 0 Å². The van der Waals surface area contributed by atoms with Gasteiger partial charge in [0.15, 0.2) is 0 Å². The third-order valence-corrected chi connectivity index (χ3v) is 2.20. The van der Waals surface area contributed by atoms with Crippen LogP contribution >= 0.6 is 0 Å². The van der Waals surface area contributed by atoms with E-state index in [1.165, 1.54) is 0 Å². The SMILES string of the molecule is B[C@@H]1C[C@H](OCC)C[C@H]1O. The molecule has 0 unspecified atom stereocenters. The maximum absolute atomic E-state index is 9.31. The van der Waals surface area contributed by atoms with Gasteiger partial charge in [0, 0.05) is 6.61 Å². The van der Waals surface area contributed by atoms with E-state index in [4.69, 9.17) is 4.74 Å². The molecule has 3 atom stereocenters. The van der Waals surface area contributed by atoms with Crippen LogP contribution in [0.3, 0.4) is 0 Å². The zero-order valence-corrected chi connectivity index (χ0v) is 6.71. The van der Waals surface area contributed by atoms with Crippen molar-refractivity contribution in [3.8, 4) is 0 Å². The van der Waals surface area contributed by atoms with Gasteiger partial charge >= 0.3 is 0 Å². The average Bonchev–Trinajstić information content (AvgIpc) is 2.14. The van der Waals surface area contributed by atoms with Crippen molar-refractivity contribution in [2.24, 2.45) is 0 Å². The van der Waals surface area contributed by atoms with Crippen LogP contribution in [0.5, 0.6) is 0 Å². The first kappa shape index (κ1) is 8.09. The number of aliphatic hydroxyl groups is 1. The molecule has 1 fully saturated rings. The van der Waals surface area contributed by atoms with Crippen molar-refractivity contribution in [3.05, 3.63) is 0 Å². The largest absolute Gasteiger partial charge is 0.393 e. The van der Waals surface area contributed by atoms with Gasteiger partial charge in [0.05, 0.1) is 12.2 Å². The predicted octanol–water partition coefficient (Wildman–Crippen LogP) is -0.0322. The standard InChI is InChI=1S/C7H15BO2/c1-2-10-5-3-6(8)7(9)4-5/h5-7,9H,2-4,8H2,1H3/t5-,6+,7+/m0/s1. The molecule has 1 saturated carbocycles. The predicted molar refractivity (Wildman–Crippen MR) is 42.9 cm³/mol. The van der Waals surface area contributed by atoms with Crippen molar-refractivity contribution in [2.45, 2.75) is 37.8 Å². The summed E-state index contributed by atoms with van der Waals surface area (Å²) < 4.78 is 5.38. The third kappa shape index (κ3) is 1.73. The van der Waals surface area contributed by atoms with Crippen LogP contribution in [0.15, 0.2) is 0 Å². The molecule has 0 spiro atoms. The second-order valence-corrected chi connectivity index (χ2v) is 3.09. The van der Waals surface area contributed by atoms with E-state index in [0.717, 1.165) is 19.4 Å². The summed E-state index contributed by atoms with van der Waals surface area (Å²) in [6, 6.07) is 0. The van der Waals surface area contributed by atoms with E-state index >= 15 is 0 Å². The molecule has 1 aliphatic carbocycles. The minimum atomic E-state index is -0.128. The Bertz CT molecular complexity index is 97.8. The van der Waals surface area contributed by atoms with Crippen LogP contribution in [0.25, 0.3) is 0 Å². The lowest BCUT2D eigenvalue weighted by Gasteiger charge is -2.07. The van der Waals surface area contributed by atoms with Crippen molar-refractivity contribution in [1.82, 2.24) is 0 Å². The Morgan fingerprint density at radius 3 is 2.70 bits per heavy atom. The summed E-state index contributed by atoms with van der Waals surface area (Å²) in [7, 11) is 2.07. The van der Waals surface area contributed by atoms with E-state index in [1.54, 1.807) is 0 Å². The van der Waals surface area contributed by atoms with Crippen LogP contribution in [0, 0.1) is 0 Å². The van der Waals surface area contributed by atoms with Crippen LogP contribution in [-0.4, -0.2) is 31.8 Å². The summed E-state index contributed by atoms with van der Waals surface area (Å²) >= 11 is 0. The van der Waals surface area contributed by atoms with Gasteiger partial charge in [-0.05, 0) is 25.6 Å². The van der Waals surface area contributed by atoms with E-state index in [9.17, 15) is 5.11 Å². The molecule has 0 radical (unpaired) electrons. The van der Waals surface area contributed by atoms with Gasteiger partial charge in [0.2, 0.25) is 0 Å². The minimum absolute atomic E-state index is 0.128. The summed E-state index contributed by atoms with van der Waals surface area (Å²) in [5.74, 6) is 0.427. The second-order valence-electron chi connectivity index (χ2n) is 3.09. The molecule has 0 aromatic heterocycles. The molecule has 0 heterocycles. The molecule has 0 aromatic carbocycles. The Kier molecular flexibility index (Phi) is 2.75. The molecular weight excluding hydrogens is 127 g/mol. The van der Waals surface area contributed by atoms with E-state index in [2.05, 4.69) is 7.85 Å². The van der Waals surface area contributed by atoms with Crippen LogP contribution in [0.4, 0.5) is 0 Å². The number of hydrogen-bond donors (Lipinski definition) is 1. The van der Waals surface area contributed by atoms with E-state index in [1.807, 2.05) is 6.92 Å². The molecule has 1 N–H and O–H groups in total. The molecular formula is C7H15BO2. The Morgan fingerprint density at radius 1 is 1.60 bits per heavy atom. The highest BCUT2D eigenvalue weighted by molar-refractivity contribution is 6.12. The fourth-order valence-electron chi connectivity index (χ4n) is 1.54. The maximum Gasteiger partial charge on any atom is 0.108 e. The number of aliphatic hydroxyl groups excluding tert-OH is 1. The lowest BCUT2D eigenvalue weighted by Crippen LogP contribution is -2.09. The van der Waals surface area contributed by atoms with Crippen LogP contribution < -0.4 is 0 Å². The average molecular weight is 142 g/mol. The van der Waals surface area contributed by atoms with Crippen LogP contribution in [0.2, 0.25) is 5.82 Å². The fraction of sp³-hybridized carbons (Fsp3) is 1.00.